The van der Waals surface area contributed by atoms with E-state index < -0.39 is 0 Å². The Labute approximate surface area is 184 Å². The van der Waals surface area contributed by atoms with Crippen molar-refractivity contribution in [3.8, 4) is 23.6 Å². The van der Waals surface area contributed by atoms with Gasteiger partial charge in [-0.25, -0.2) is 0 Å². The second-order valence-electron chi connectivity index (χ2n) is 6.41. The lowest BCUT2D eigenvalue weighted by Crippen LogP contribution is -2.00. The molecule has 0 radical (unpaired) electrons. The molecular formula is C25H19BrN2O2. The molecule has 0 spiro atoms. The maximum absolute atomic E-state index is 9.58. The zero-order chi connectivity index (χ0) is 21.3. The SMILES string of the molecule is CCOc1cc(/C=C(\C#N)c2ccc(C#N)cc2)ccc1OCc1ccc(Br)cc1. The molecule has 0 aliphatic carbocycles. The van der Waals surface area contributed by atoms with Gasteiger partial charge in [0.1, 0.15) is 6.61 Å². The first-order valence-corrected chi connectivity index (χ1v) is 10.2. The van der Waals surface area contributed by atoms with Crippen molar-refractivity contribution in [1.82, 2.24) is 0 Å². The molecule has 3 aromatic rings. The summed E-state index contributed by atoms with van der Waals surface area (Å²) in [4.78, 5) is 0. The summed E-state index contributed by atoms with van der Waals surface area (Å²) in [6.07, 6.45) is 1.79. The van der Waals surface area contributed by atoms with Crippen molar-refractivity contribution in [2.45, 2.75) is 13.5 Å². The highest BCUT2D eigenvalue weighted by molar-refractivity contribution is 9.10. The molecule has 0 saturated carbocycles. The van der Waals surface area contributed by atoms with Crippen LogP contribution in [0.5, 0.6) is 11.5 Å². The molecule has 148 valence electrons. The van der Waals surface area contributed by atoms with E-state index in [2.05, 4.69) is 28.1 Å². The summed E-state index contributed by atoms with van der Waals surface area (Å²) in [6, 6.07) is 24.8. The summed E-state index contributed by atoms with van der Waals surface area (Å²) in [5, 5.41) is 18.5. The monoisotopic (exact) mass is 458 g/mol. The number of ether oxygens (including phenoxy) is 2. The maximum atomic E-state index is 9.58. The fraction of sp³-hybridized carbons (Fsp3) is 0.120. The van der Waals surface area contributed by atoms with Crippen LogP contribution >= 0.6 is 15.9 Å². The van der Waals surface area contributed by atoms with E-state index in [-0.39, 0.29) is 0 Å². The average Bonchev–Trinajstić information content (AvgIpc) is 2.78. The van der Waals surface area contributed by atoms with Crippen molar-refractivity contribution < 1.29 is 9.47 Å². The van der Waals surface area contributed by atoms with Gasteiger partial charge in [0.05, 0.1) is 29.9 Å². The number of rotatable bonds is 7. The van der Waals surface area contributed by atoms with Gasteiger partial charge in [0.2, 0.25) is 0 Å². The van der Waals surface area contributed by atoms with Crippen LogP contribution in [0.2, 0.25) is 0 Å². The van der Waals surface area contributed by atoms with Crippen LogP contribution in [0, 0.1) is 22.7 Å². The highest BCUT2D eigenvalue weighted by Gasteiger charge is 2.08. The molecule has 4 nitrogen and oxygen atoms in total. The first-order chi connectivity index (χ1) is 14.6. The van der Waals surface area contributed by atoms with Crippen LogP contribution in [0.4, 0.5) is 0 Å². The van der Waals surface area contributed by atoms with Crippen LogP contribution < -0.4 is 9.47 Å². The Hall–Kier alpha value is -3.54. The van der Waals surface area contributed by atoms with E-state index in [4.69, 9.17) is 14.7 Å². The second kappa shape index (κ2) is 10.3. The molecular weight excluding hydrogens is 440 g/mol. The van der Waals surface area contributed by atoms with Gasteiger partial charge in [0.15, 0.2) is 11.5 Å². The predicted molar refractivity (Wildman–Crippen MR) is 121 cm³/mol. The topological polar surface area (TPSA) is 66.0 Å². The third kappa shape index (κ3) is 5.50. The van der Waals surface area contributed by atoms with Crippen molar-refractivity contribution >= 4 is 27.6 Å². The third-order valence-electron chi connectivity index (χ3n) is 4.33. The van der Waals surface area contributed by atoms with Gasteiger partial charge in [-0.05, 0) is 66.1 Å². The minimum Gasteiger partial charge on any atom is -0.490 e. The summed E-state index contributed by atoms with van der Waals surface area (Å²) in [6.45, 7) is 2.85. The summed E-state index contributed by atoms with van der Waals surface area (Å²) >= 11 is 3.43. The van der Waals surface area contributed by atoms with E-state index in [1.807, 2.05) is 49.4 Å². The van der Waals surface area contributed by atoms with Crippen molar-refractivity contribution in [3.63, 3.8) is 0 Å². The molecule has 0 unspecified atom stereocenters. The Morgan fingerprint density at radius 1 is 0.933 bits per heavy atom. The maximum Gasteiger partial charge on any atom is 0.161 e. The molecule has 3 aromatic carbocycles. The second-order valence-corrected chi connectivity index (χ2v) is 7.33. The summed E-state index contributed by atoms with van der Waals surface area (Å²) < 4.78 is 12.7. The van der Waals surface area contributed by atoms with Gasteiger partial charge in [-0.15, -0.1) is 0 Å². The fourth-order valence-electron chi connectivity index (χ4n) is 2.81. The molecule has 0 heterocycles. The van der Waals surface area contributed by atoms with E-state index in [0.29, 0.717) is 35.8 Å². The summed E-state index contributed by atoms with van der Waals surface area (Å²) in [7, 11) is 0. The van der Waals surface area contributed by atoms with E-state index in [0.717, 1.165) is 21.2 Å². The smallest absolute Gasteiger partial charge is 0.161 e. The van der Waals surface area contributed by atoms with Gasteiger partial charge < -0.3 is 9.47 Å². The van der Waals surface area contributed by atoms with Crippen LogP contribution in [0.3, 0.4) is 0 Å². The van der Waals surface area contributed by atoms with Crippen molar-refractivity contribution in [3.05, 3.63) is 93.5 Å². The summed E-state index contributed by atoms with van der Waals surface area (Å²) in [5.74, 6) is 1.27. The first-order valence-electron chi connectivity index (χ1n) is 9.39. The molecule has 30 heavy (non-hydrogen) atoms. The number of hydrogen-bond acceptors (Lipinski definition) is 4. The van der Waals surface area contributed by atoms with Crippen molar-refractivity contribution in [1.29, 1.82) is 10.5 Å². The Kier molecular flexibility index (Phi) is 7.27. The molecule has 0 aromatic heterocycles. The number of hydrogen-bond donors (Lipinski definition) is 0. The van der Waals surface area contributed by atoms with Gasteiger partial charge in [-0.2, -0.15) is 10.5 Å². The molecule has 0 saturated heterocycles. The standard InChI is InChI=1S/C25H19BrN2O2/c1-2-29-25-14-20(13-22(16-28)21-8-3-18(15-27)4-9-21)7-12-24(25)30-17-19-5-10-23(26)11-6-19/h3-14H,2,17H2,1H3/b22-13+. The van der Waals surface area contributed by atoms with Gasteiger partial charge in [0, 0.05) is 4.47 Å². The minimum atomic E-state index is 0.428. The van der Waals surface area contributed by atoms with E-state index >= 15 is 0 Å². The number of nitriles is 2. The van der Waals surface area contributed by atoms with Crippen molar-refractivity contribution in [2.75, 3.05) is 6.61 Å². The number of halogens is 1. The quantitative estimate of drug-likeness (QED) is 0.305. The van der Waals surface area contributed by atoms with Crippen LogP contribution in [0.1, 0.15) is 29.2 Å². The molecule has 0 atom stereocenters. The van der Waals surface area contributed by atoms with Crippen molar-refractivity contribution in [2.24, 2.45) is 0 Å². The van der Waals surface area contributed by atoms with E-state index in [9.17, 15) is 5.26 Å². The fourth-order valence-corrected chi connectivity index (χ4v) is 3.08. The highest BCUT2D eigenvalue weighted by atomic mass is 79.9. The first kappa shape index (κ1) is 21.2. The molecule has 0 N–H and O–H groups in total. The van der Waals surface area contributed by atoms with Crippen LogP contribution in [-0.2, 0) is 6.61 Å². The van der Waals surface area contributed by atoms with Gasteiger partial charge in [-0.3, -0.25) is 0 Å². The molecule has 0 fully saturated rings. The lowest BCUT2D eigenvalue weighted by molar-refractivity contribution is 0.269. The average molecular weight is 459 g/mol. The predicted octanol–water partition coefficient (Wildman–Crippen LogP) is 6.36. The van der Waals surface area contributed by atoms with Gasteiger partial charge in [0.25, 0.3) is 0 Å². The number of nitrogens with zero attached hydrogens (tertiary/aromatic N) is 2. The molecule has 0 aliphatic rings. The van der Waals surface area contributed by atoms with Gasteiger partial charge >= 0.3 is 0 Å². The molecule has 0 amide bonds. The van der Waals surface area contributed by atoms with Crippen LogP contribution in [0.15, 0.2) is 71.2 Å². The molecule has 0 bridgehead atoms. The zero-order valence-electron chi connectivity index (χ0n) is 16.4. The van der Waals surface area contributed by atoms with E-state index in [1.54, 1.807) is 30.3 Å². The Balaban J connectivity index is 1.83. The molecule has 0 aliphatic heterocycles. The third-order valence-corrected chi connectivity index (χ3v) is 4.86. The number of allylic oxidation sites excluding steroid dienone is 1. The van der Waals surface area contributed by atoms with Gasteiger partial charge in [-0.1, -0.05) is 46.3 Å². The summed E-state index contributed by atoms with van der Waals surface area (Å²) in [5.41, 5.74) is 3.70. The Morgan fingerprint density at radius 2 is 1.67 bits per heavy atom. The van der Waals surface area contributed by atoms with E-state index in [1.165, 1.54) is 0 Å². The lowest BCUT2D eigenvalue weighted by Gasteiger charge is -2.13. The largest absolute Gasteiger partial charge is 0.490 e. The molecule has 3 rings (SSSR count). The van der Waals surface area contributed by atoms with Crippen LogP contribution in [-0.4, -0.2) is 6.61 Å². The van der Waals surface area contributed by atoms with Crippen LogP contribution in [0.25, 0.3) is 11.6 Å². The normalized spacial score (nSPS) is 10.7. The highest BCUT2D eigenvalue weighted by Crippen LogP contribution is 2.31. The lowest BCUT2D eigenvalue weighted by atomic mass is 10.0. The Morgan fingerprint density at radius 3 is 2.30 bits per heavy atom. The zero-order valence-corrected chi connectivity index (χ0v) is 18.0. The number of benzene rings is 3. The molecule has 5 heteroatoms. The minimum absolute atomic E-state index is 0.428. The Bertz CT molecular complexity index is 1120.